The Hall–Kier alpha value is -0.890. The van der Waals surface area contributed by atoms with Crippen LogP contribution >= 0.6 is 0 Å². The molecule has 0 saturated carbocycles. The van der Waals surface area contributed by atoms with Crippen molar-refractivity contribution in [1.82, 2.24) is 4.90 Å². The Balaban J connectivity index is 1.98. The largest absolute Gasteiger partial charge is 0.300 e. The van der Waals surface area contributed by atoms with Gasteiger partial charge in [0.2, 0.25) is 0 Å². The second kappa shape index (κ2) is 5.44. The number of hydrogen-bond donors (Lipinski definition) is 0. The van der Waals surface area contributed by atoms with Gasteiger partial charge in [-0.2, -0.15) is 0 Å². The highest BCUT2D eigenvalue weighted by Gasteiger charge is 2.23. The van der Waals surface area contributed by atoms with Gasteiger partial charge in [-0.15, -0.1) is 0 Å². The van der Waals surface area contributed by atoms with E-state index in [0.717, 1.165) is 12.0 Å². The van der Waals surface area contributed by atoms with Gasteiger partial charge in [0.05, 0.1) is 0 Å². The number of rotatable bonds is 4. The van der Waals surface area contributed by atoms with Gasteiger partial charge < -0.3 is 4.90 Å². The van der Waals surface area contributed by atoms with Crippen LogP contribution in [0.1, 0.15) is 31.7 Å². The maximum Gasteiger partial charge on any atom is 0.123 e. The molecule has 0 amide bonds. The van der Waals surface area contributed by atoms with E-state index in [2.05, 4.69) is 11.8 Å². The lowest BCUT2D eigenvalue weighted by Crippen LogP contribution is -2.31. The lowest BCUT2D eigenvalue weighted by Gasteiger charge is -2.23. The molecule has 0 N–H and O–H groups in total. The van der Waals surface area contributed by atoms with Crippen molar-refractivity contribution in [3.63, 3.8) is 0 Å². The van der Waals surface area contributed by atoms with Crippen molar-refractivity contribution in [2.75, 3.05) is 13.1 Å². The fraction of sp³-hybridized carbons (Fsp3) is 0.571. The molecule has 88 valence electrons. The van der Waals surface area contributed by atoms with Crippen molar-refractivity contribution in [3.05, 3.63) is 35.6 Å². The van der Waals surface area contributed by atoms with Gasteiger partial charge in [-0.05, 0) is 56.5 Å². The van der Waals surface area contributed by atoms with Crippen LogP contribution in [0.2, 0.25) is 0 Å². The summed E-state index contributed by atoms with van der Waals surface area (Å²) in [6.45, 7) is 4.62. The molecule has 2 rings (SSSR count). The Kier molecular flexibility index (Phi) is 3.94. The van der Waals surface area contributed by atoms with Gasteiger partial charge >= 0.3 is 0 Å². The first-order chi connectivity index (χ1) is 7.79. The van der Waals surface area contributed by atoms with E-state index in [1.54, 1.807) is 6.07 Å². The summed E-state index contributed by atoms with van der Waals surface area (Å²) in [5.41, 5.74) is 1.13. The second-order valence-corrected chi connectivity index (χ2v) is 4.67. The topological polar surface area (TPSA) is 3.24 Å². The zero-order chi connectivity index (χ0) is 11.4. The highest BCUT2D eigenvalue weighted by molar-refractivity contribution is 5.17. The van der Waals surface area contributed by atoms with Gasteiger partial charge in [-0.1, -0.05) is 19.1 Å². The van der Waals surface area contributed by atoms with Gasteiger partial charge in [-0.25, -0.2) is 4.39 Å². The van der Waals surface area contributed by atoms with Crippen LogP contribution in [0.3, 0.4) is 0 Å². The summed E-state index contributed by atoms with van der Waals surface area (Å²) in [7, 11) is 0. The monoisotopic (exact) mass is 221 g/mol. The molecule has 1 fully saturated rings. The van der Waals surface area contributed by atoms with E-state index in [1.807, 2.05) is 12.1 Å². The summed E-state index contributed by atoms with van der Waals surface area (Å²) in [5.74, 6) is -0.113. The normalized spacial score (nSPS) is 21.5. The van der Waals surface area contributed by atoms with E-state index >= 15 is 0 Å². The van der Waals surface area contributed by atoms with Crippen molar-refractivity contribution in [2.24, 2.45) is 0 Å². The van der Waals surface area contributed by atoms with Crippen LogP contribution in [-0.2, 0) is 6.42 Å². The first kappa shape index (κ1) is 11.6. The maximum absolute atomic E-state index is 13.1. The molecule has 0 spiro atoms. The maximum atomic E-state index is 13.1. The average molecular weight is 221 g/mol. The van der Waals surface area contributed by atoms with Crippen molar-refractivity contribution in [1.29, 1.82) is 0 Å². The zero-order valence-corrected chi connectivity index (χ0v) is 9.95. The van der Waals surface area contributed by atoms with Crippen molar-refractivity contribution in [2.45, 2.75) is 38.6 Å². The Morgan fingerprint density at radius 2 is 2.31 bits per heavy atom. The SMILES string of the molecule is CCCN1CCC[C@H]1Cc1cccc(F)c1. The van der Waals surface area contributed by atoms with Crippen LogP contribution in [0, 0.1) is 5.82 Å². The lowest BCUT2D eigenvalue weighted by molar-refractivity contribution is 0.253. The molecule has 1 atom stereocenters. The summed E-state index contributed by atoms with van der Waals surface area (Å²) in [4.78, 5) is 2.55. The van der Waals surface area contributed by atoms with Crippen molar-refractivity contribution >= 4 is 0 Å². The molecule has 1 saturated heterocycles. The Morgan fingerprint density at radius 1 is 1.44 bits per heavy atom. The molecule has 1 heterocycles. The van der Waals surface area contributed by atoms with E-state index < -0.39 is 0 Å². The highest BCUT2D eigenvalue weighted by Crippen LogP contribution is 2.21. The number of likely N-dealkylation sites (tertiary alicyclic amines) is 1. The van der Waals surface area contributed by atoms with Crippen molar-refractivity contribution in [3.8, 4) is 0 Å². The minimum atomic E-state index is -0.113. The molecule has 1 aliphatic heterocycles. The third-order valence-electron chi connectivity index (χ3n) is 3.37. The molecule has 0 aromatic heterocycles. The molecule has 0 bridgehead atoms. The van der Waals surface area contributed by atoms with Gasteiger partial charge in [0.15, 0.2) is 0 Å². The highest BCUT2D eigenvalue weighted by atomic mass is 19.1. The summed E-state index contributed by atoms with van der Waals surface area (Å²) in [5, 5.41) is 0. The zero-order valence-electron chi connectivity index (χ0n) is 9.95. The molecule has 0 radical (unpaired) electrons. The van der Waals surface area contributed by atoms with E-state index in [1.165, 1.54) is 38.4 Å². The van der Waals surface area contributed by atoms with Crippen LogP contribution < -0.4 is 0 Å². The molecular weight excluding hydrogens is 201 g/mol. The fourth-order valence-corrected chi connectivity index (χ4v) is 2.64. The average Bonchev–Trinajstić information content (AvgIpc) is 2.66. The third kappa shape index (κ3) is 2.82. The molecule has 2 heteroatoms. The van der Waals surface area contributed by atoms with Gasteiger partial charge in [0.25, 0.3) is 0 Å². The molecular formula is C14H20FN. The first-order valence-corrected chi connectivity index (χ1v) is 6.28. The number of benzene rings is 1. The van der Waals surface area contributed by atoms with Crippen molar-refractivity contribution < 1.29 is 4.39 Å². The molecule has 1 nitrogen and oxygen atoms in total. The summed E-state index contributed by atoms with van der Waals surface area (Å²) in [6, 6.07) is 7.65. The summed E-state index contributed by atoms with van der Waals surface area (Å²) in [6.07, 6.45) is 4.76. The van der Waals surface area contributed by atoms with Crippen LogP contribution in [0.5, 0.6) is 0 Å². The smallest absolute Gasteiger partial charge is 0.123 e. The van der Waals surface area contributed by atoms with E-state index in [4.69, 9.17) is 0 Å². The predicted octanol–water partition coefficient (Wildman–Crippen LogP) is 3.24. The Labute approximate surface area is 97.3 Å². The van der Waals surface area contributed by atoms with Crippen LogP contribution in [-0.4, -0.2) is 24.0 Å². The minimum absolute atomic E-state index is 0.113. The standard InChI is InChI=1S/C14H20FN/c1-2-8-16-9-4-7-14(16)11-12-5-3-6-13(15)10-12/h3,5-6,10,14H,2,4,7-9,11H2,1H3/t14-/m0/s1. The summed E-state index contributed by atoms with van der Waals surface area (Å²) >= 11 is 0. The third-order valence-corrected chi connectivity index (χ3v) is 3.37. The van der Waals surface area contributed by atoms with E-state index in [0.29, 0.717) is 6.04 Å². The molecule has 16 heavy (non-hydrogen) atoms. The van der Waals surface area contributed by atoms with E-state index in [9.17, 15) is 4.39 Å². The molecule has 1 aromatic carbocycles. The number of nitrogens with zero attached hydrogens (tertiary/aromatic N) is 1. The van der Waals surface area contributed by atoms with Crippen LogP contribution in [0.4, 0.5) is 4.39 Å². The Morgan fingerprint density at radius 3 is 3.06 bits per heavy atom. The second-order valence-electron chi connectivity index (χ2n) is 4.67. The minimum Gasteiger partial charge on any atom is -0.300 e. The molecule has 0 unspecified atom stereocenters. The van der Waals surface area contributed by atoms with Crippen LogP contribution in [0.25, 0.3) is 0 Å². The van der Waals surface area contributed by atoms with Gasteiger partial charge in [0.1, 0.15) is 5.82 Å². The van der Waals surface area contributed by atoms with Gasteiger partial charge in [0, 0.05) is 6.04 Å². The molecule has 1 aromatic rings. The number of hydrogen-bond acceptors (Lipinski definition) is 1. The number of halogens is 1. The first-order valence-electron chi connectivity index (χ1n) is 6.28. The predicted molar refractivity (Wildman–Crippen MR) is 65.0 cm³/mol. The van der Waals surface area contributed by atoms with Gasteiger partial charge in [-0.3, -0.25) is 0 Å². The molecule has 1 aliphatic rings. The molecule has 0 aliphatic carbocycles. The van der Waals surface area contributed by atoms with Crippen LogP contribution in [0.15, 0.2) is 24.3 Å². The summed E-state index contributed by atoms with van der Waals surface area (Å²) < 4.78 is 13.1. The quantitative estimate of drug-likeness (QED) is 0.754. The Bertz CT molecular complexity index is 337. The lowest BCUT2D eigenvalue weighted by atomic mass is 10.0. The fourth-order valence-electron chi connectivity index (χ4n) is 2.64. The van der Waals surface area contributed by atoms with E-state index in [-0.39, 0.29) is 5.82 Å².